The second-order valence-electron chi connectivity index (χ2n) is 3.49. The summed E-state index contributed by atoms with van der Waals surface area (Å²) in [5.74, 6) is 2.16. The molecular formula is C11H16ClNO3. The standard InChI is InChI=1S/C11H15NO3.ClH/c1-13-10-5-7-8(12)3-4-15-9(7)6-11(10)14-2;/h5-6,8H,3-4,12H2,1-2H3;1H/t8-;/m1./s1. The molecule has 0 radical (unpaired) electrons. The summed E-state index contributed by atoms with van der Waals surface area (Å²) in [7, 11) is 3.21. The molecule has 1 aliphatic rings. The Labute approximate surface area is 101 Å². The monoisotopic (exact) mass is 245 g/mol. The van der Waals surface area contributed by atoms with E-state index in [4.69, 9.17) is 19.9 Å². The number of hydrogen-bond acceptors (Lipinski definition) is 4. The van der Waals surface area contributed by atoms with E-state index in [-0.39, 0.29) is 18.4 Å². The normalized spacial score (nSPS) is 17.8. The van der Waals surface area contributed by atoms with E-state index in [1.54, 1.807) is 14.2 Å². The van der Waals surface area contributed by atoms with Gasteiger partial charge in [0.15, 0.2) is 11.5 Å². The zero-order chi connectivity index (χ0) is 10.8. The summed E-state index contributed by atoms with van der Waals surface area (Å²) in [5, 5.41) is 0. The van der Waals surface area contributed by atoms with Gasteiger partial charge < -0.3 is 19.9 Å². The molecule has 0 saturated carbocycles. The molecule has 0 fully saturated rings. The van der Waals surface area contributed by atoms with Crippen LogP contribution in [0.15, 0.2) is 12.1 Å². The predicted molar refractivity (Wildman–Crippen MR) is 63.8 cm³/mol. The van der Waals surface area contributed by atoms with E-state index in [9.17, 15) is 0 Å². The Morgan fingerprint density at radius 3 is 2.50 bits per heavy atom. The van der Waals surface area contributed by atoms with Gasteiger partial charge in [-0.1, -0.05) is 0 Å². The number of nitrogens with two attached hydrogens (primary N) is 1. The Morgan fingerprint density at radius 1 is 1.25 bits per heavy atom. The van der Waals surface area contributed by atoms with Crippen molar-refractivity contribution in [1.29, 1.82) is 0 Å². The van der Waals surface area contributed by atoms with Crippen molar-refractivity contribution in [2.75, 3.05) is 20.8 Å². The van der Waals surface area contributed by atoms with Gasteiger partial charge in [0.2, 0.25) is 0 Å². The molecule has 0 amide bonds. The summed E-state index contributed by atoms with van der Waals surface area (Å²) in [5.41, 5.74) is 6.97. The fourth-order valence-corrected chi connectivity index (χ4v) is 1.74. The van der Waals surface area contributed by atoms with Crippen LogP contribution in [-0.4, -0.2) is 20.8 Å². The van der Waals surface area contributed by atoms with Crippen LogP contribution >= 0.6 is 12.4 Å². The largest absolute Gasteiger partial charge is 0.493 e. The highest BCUT2D eigenvalue weighted by Crippen LogP contribution is 2.39. The molecule has 1 atom stereocenters. The fraction of sp³-hybridized carbons (Fsp3) is 0.455. The second kappa shape index (κ2) is 5.27. The molecule has 0 aliphatic carbocycles. The van der Waals surface area contributed by atoms with Gasteiger partial charge in [-0.05, 0) is 6.07 Å². The molecule has 0 saturated heterocycles. The van der Waals surface area contributed by atoms with Crippen LogP contribution in [0, 0.1) is 0 Å². The molecule has 1 heterocycles. The maximum atomic E-state index is 5.99. The Kier molecular flexibility index (Phi) is 4.26. The highest BCUT2D eigenvalue weighted by molar-refractivity contribution is 5.85. The third-order valence-corrected chi connectivity index (χ3v) is 2.60. The molecule has 16 heavy (non-hydrogen) atoms. The number of methoxy groups -OCH3 is 2. The minimum absolute atomic E-state index is 0. The summed E-state index contributed by atoms with van der Waals surface area (Å²) in [4.78, 5) is 0. The molecule has 5 heteroatoms. The van der Waals surface area contributed by atoms with E-state index < -0.39 is 0 Å². The molecule has 2 N–H and O–H groups in total. The van der Waals surface area contributed by atoms with Crippen LogP contribution < -0.4 is 19.9 Å². The van der Waals surface area contributed by atoms with Crippen LogP contribution in [0.4, 0.5) is 0 Å². The van der Waals surface area contributed by atoms with Crippen molar-refractivity contribution in [1.82, 2.24) is 0 Å². The lowest BCUT2D eigenvalue weighted by Gasteiger charge is -2.24. The predicted octanol–water partition coefficient (Wildman–Crippen LogP) is 1.91. The summed E-state index contributed by atoms with van der Waals surface area (Å²) in [6, 6.07) is 3.74. The SMILES string of the molecule is COc1cc2c(cc1OC)[C@H](N)CCO2.Cl. The average Bonchev–Trinajstić information content (AvgIpc) is 2.28. The van der Waals surface area contributed by atoms with Gasteiger partial charge in [-0.2, -0.15) is 0 Å². The van der Waals surface area contributed by atoms with E-state index in [0.29, 0.717) is 18.1 Å². The fourth-order valence-electron chi connectivity index (χ4n) is 1.74. The van der Waals surface area contributed by atoms with Gasteiger partial charge in [-0.25, -0.2) is 0 Å². The first-order valence-corrected chi connectivity index (χ1v) is 4.90. The zero-order valence-electron chi connectivity index (χ0n) is 9.36. The summed E-state index contributed by atoms with van der Waals surface area (Å²) < 4.78 is 15.9. The minimum Gasteiger partial charge on any atom is -0.493 e. The molecule has 4 nitrogen and oxygen atoms in total. The van der Waals surface area contributed by atoms with Crippen molar-refractivity contribution in [3.8, 4) is 17.2 Å². The molecule has 1 aromatic carbocycles. The lowest BCUT2D eigenvalue weighted by Crippen LogP contribution is -2.20. The van der Waals surface area contributed by atoms with Gasteiger partial charge in [-0.15, -0.1) is 12.4 Å². The van der Waals surface area contributed by atoms with Gasteiger partial charge >= 0.3 is 0 Å². The van der Waals surface area contributed by atoms with Crippen molar-refractivity contribution < 1.29 is 14.2 Å². The first kappa shape index (κ1) is 12.9. The highest BCUT2D eigenvalue weighted by atomic mass is 35.5. The average molecular weight is 246 g/mol. The summed E-state index contributed by atoms with van der Waals surface area (Å²) in [6.07, 6.45) is 0.836. The Morgan fingerprint density at radius 2 is 1.88 bits per heavy atom. The first-order chi connectivity index (χ1) is 7.26. The Hall–Kier alpha value is -1.13. The van der Waals surface area contributed by atoms with Crippen molar-refractivity contribution >= 4 is 12.4 Å². The van der Waals surface area contributed by atoms with E-state index in [1.165, 1.54) is 0 Å². The van der Waals surface area contributed by atoms with Gasteiger partial charge in [0, 0.05) is 24.1 Å². The quantitative estimate of drug-likeness (QED) is 0.865. The van der Waals surface area contributed by atoms with Gasteiger partial charge in [0.25, 0.3) is 0 Å². The van der Waals surface area contributed by atoms with E-state index in [1.807, 2.05) is 12.1 Å². The lowest BCUT2D eigenvalue weighted by atomic mass is 10.0. The summed E-state index contributed by atoms with van der Waals surface area (Å²) in [6.45, 7) is 0.656. The lowest BCUT2D eigenvalue weighted by molar-refractivity contribution is 0.264. The molecule has 1 aromatic rings. The Balaban J connectivity index is 0.00000128. The number of ether oxygens (including phenoxy) is 3. The zero-order valence-corrected chi connectivity index (χ0v) is 10.2. The maximum Gasteiger partial charge on any atom is 0.164 e. The Bertz CT molecular complexity index is 370. The van der Waals surface area contributed by atoms with Crippen molar-refractivity contribution in [2.24, 2.45) is 5.73 Å². The molecule has 2 rings (SSSR count). The molecule has 0 spiro atoms. The van der Waals surface area contributed by atoms with Gasteiger partial charge in [-0.3, -0.25) is 0 Å². The number of fused-ring (bicyclic) bond motifs is 1. The maximum absolute atomic E-state index is 5.99. The van der Waals surface area contributed by atoms with Crippen LogP contribution in [0.2, 0.25) is 0 Å². The van der Waals surface area contributed by atoms with Gasteiger partial charge in [0.1, 0.15) is 5.75 Å². The molecule has 0 bridgehead atoms. The molecule has 0 aromatic heterocycles. The smallest absolute Gasteiger partial charge is 0.164 e. The number of benzene rings is 1. The third-order valence-electron chi connectivity index (χ3n) is 2.60. The van der Waals surface area contributed by atoms with E-state index in [0.717, 1.165) is 17.7 Å². The van der Waals surface area contributed by atoms with Crippen molar-refractivity contribution in [2.45, 2.75) is 12.5 Å². The van der Waals surface area contributed by atoms with Crippen molar-refractivity contribution in [3.63, 3.8) is 0 Å². The van der Waals surface area contributed by atoms with Crippen LogP contribution in [-0.2, 0) is 0 Å². The number of halogens is 1. The summed E-state index contributed by atoms with van der Waals surface area (Å²) >= 11 is 0. The molecule has 1 aliphatic heterocycles. The third kappa shape index (κ3) is 2.18. The first-order valence-electron chi connectivity index (χ1n) is 4.90. The van der Waals surface area contributed by atoms with Crippen LogP contribution in [0.3, 0.4) is 0 Å². The highest BCUT2D eigenvalue weighted by Gasteiger charge is 2.21. The van der Waals surface area contributed by atoms with Crippen LogP contribution in [0.1, 0.15) is 18.0 Å². The number of hydrogen-bond donors (Lipinski definition) is 1. The minimum atomic E-state index is 0. The van der Waals surface area contributed by atoms with E-state index in [2.05, 4.69) is 0 Å². The van der Waals surface area contributed by atoms with Crippen molar-refractivity contribution in [3.05, 3.63) is 17.7 Å². The van der Waals surface area contributed by atoms with Crippen LogP contribution in [0.25, 0.3) is 0 Å². The molecule has 90 valence electrons. The second-order valence-corrected chi connectivity index (χ2v) is 3.49. The number of rotatable bonds is 2. The van der Waals surface area contributed by atoms with E-state index >= 15 is 0 Å². The van der Waals surface area contributed by atoms with Crippen LogP contribution in [0.5, 0.6) is 17.2 Å². The molecular weight excluding hydrogens is 230 g/mol. The topological polar surface area (TPSA) is 53.7 Å². The molecule has 0 unspecified atom stereocenters. The van der Waals surface area contributed by atoms with Gasteiger partial charge in [0.05, 0.1) is 20.8 Å².